The van der Waals surface area contributed by atoms with Gasteiger partial charge in [0.2, 0.25) is 11.8 Å². The van der Waals surface area contributed by atoms with Crippen LogP contribution in [0.1, 0.15) is 49.4 Å². The summed E-state index contributed by atoms with van der Waals surface area (Å²) in [6.45, 7) is 1.41. The van der Waals surface area contributed by atoms with Crippen molar-refractivity contribution >= 4 is 52.5 Å². The lowest BCUT2D eigenvalue weighted by Crippen LogP contribution is -2.39. The van der Waals surface area contributed by atoms with Gasteiger partial charge in [-0.15, -0.1) is 11.8 Å². The van der Waals surface area contributed by atoms with E-state index in [2.05, 4.69) is 10.6 Å². The predicted octanol–water partition coefficient (Wildman–Crippen LogP) is 5.43. The smallest absolute Gasteiger partial charge is 0.256 e. The van der Waals surface area contributed by atoms with E-state index in [1.54, 1.807) is 30.3 Å². The molecule has 0 heterocycles. The largest absolute Gasteiger partial charge is 0.342 e. The van der Waals surface area contributed by atoms with Gasteiger partial charge in [-0.2, -0.15) is 0 Å². The first-order chi connectivity index (χ1) is 15.3. The Balaban J connectivity index is 1.67. The van der Waals surface area contributed by atoms with Crippen molar-refractivity contribution in [3.63, 3.8) is 0 Å². The Hall–Kier alpha value is -2.51. The number of nitrogens with zero attached hydrogens (tertiary/aromatic N) is 1. The van der Waals surface area contributed by atoms with Crippen LogP contribution in [-0.2, 0) is 9.59 Å². The average molecular weight is 474 g/mol. The van der Waals surface area contributed by atoms with Crippen molar-refractivity contribution in [1.29, 1.82) is 0 Å². The Morgan fingerprint density at radius 3 is 2.50 bits per heavy atom. The van der Waals surface area contributed by atoms with Gasteiger partial charge in [0.05, 0.1) is 22.0 Å². The molecule has 0 aliphatic heterocycles. The summed E-state index contributed by atoms with van der Waals surface area (Å²) < 4.78 is 0. The molecule has 2 aromatic rings. The molecule has 1 saturated carbocycles. The van der Waals surface area contributed by atoms with Crippen molar-refractivity contribution in [1.82, 2.24) is 4.90 Å². The highest BCUT2D eigenvalue weighted by Crippen LogP contribution is 2.29. The number of carbonyl (C=O) groups is 3. The van der Waals surface area contributed by atoms with Crippen LogP contribution in [0.4, 0.5) is 11.4 Å². The normalized spacial score (nSPS) is 14.0. The van der Waals surface area contributed by atoms with Gasteiger partial charge in [0.1, 0.15) is 0 Å². The maximum Gasteiger partial charge on any atom is 0.256 e. The van der Waals surface area contributed by atoms with Crippen LogP contribution in [0.3, 0.4) is 0 Å². The van der Waals surface area contributed by atoms with E-state index in [-0.39, 0.29) is 23.5 Å². The summed E-state index contributed by atoms with van der Waals surface area (Å²) in [7, 11) is 1.88. The highest BCUT2D eigenvalue weighted by Gasteiger charge is 2.22. The zero-order chi connectivity index (χ0) is 23.1. The fourth-order valence-electron chi connectivity index (χ4n) is 3.79. The Bertz CT molecular complexity index is 992. The maximum atomic E-state index is 13.0. The Morgan fingerprint density at radius 2 is 1.78 bits per heavy atom. The zero-order valence-electron chi connectivity index (χ0n) is 18.3. The molecule has 32 heavy (non-hydrogen) atoms. The number of anilines is 2. The fourth-order valence-corrected chi connectivity index (χ4v) is 4.92. The van der Waals surface area contributed by atoms with E-state index in [1.165, 1.54) is 37.9 Å². The number of benzene rings is 2. The maximum absolute atomic E-state index is 13.0. The van der Waals surface area contributed by atoms with Crippen LogP contribution in [-0.4, -0.2) is 41.5 Å². The minimum absolute atomic E-state index is 0.0724. The standard InChI is InChI=1S/C24H28ClN3O3S/c1-16(29)26-17-12-13-20(25)21(14-17)27-24(31)19-10-6-7-11-22(19)32-15-23(30)28(2)18-8-4-3-5-9-18/h6-7,10-14,18H,3-5,8-9,15H2,1-2H3,(H,26,29)(H,27,31). The Labute approximate surface area is 198 Å². The minimum atomic E-state index is -0.331. The molecule has 0 radical (unpaired) electrons. The lowest BCUT2D eigenvalue weighted by Gasteiger charge is -2.31. The molecule has 170 valence electrons. The van der Waals surface area contributed by atoms with Crippen LogP contribution in [0.2, 0.25) is 5.02 Å². The molecule has 3 amide bonds. The van der Waals surface area contributed by atoms with E-state index in [0.717, 1.165) is 17.7 Å². The molecule has 0 saturated heterocycles. The lowest BCUT2D eigenvalue weighted by atomic mass is 9.94. The predicted molar refractivity (Wildman–Crippen MR) is 131 cm³/mol. The van der Waals surface area contributed by atoms with Gasteiger partial charge in [-0.05, 0) is 43.2 Å². The number of hydrogen-bond donors (Lipinski definition) is 2. The number of rotatable bonds is 7. The highest BCUT2D eigenvalue weighted by molar-refractivity contribution is 8.00. The van der Waals surface area contributed by atoms with E-state index in [0.29, 0.717) is 28.0 Å². The summed E-state index contributed by atoms with van der Waals surface area (Å²) >= 11 is 7.59. The van der Waals surface area contributed by atoms with E-state index >= 15 is 0 Å². The first-order valence-electron chi connectivity index (χ1n) is 10.7. The van der Waals surface area contributed by atoms with Crippen LogP contribution in [0.15, 0.2) is 47.4 Å². The quantitative estimate of drug-likeness (QED) is 0.525. The second-order valence-corrected chi connectivity index (χ2v) is 9.34. The summed E-state index contributed by atoms with van der Waals surface area (Å²) in [4.78, 5) is 39.6. The Kier molecular flexibility index (Phi) is 8.59. The summed E-state index contributed by atoms with van der Waals surface area (Å²) in [5.41, 5.74) is 1.40. The molecule has 0 aromatic heterocycles. The number of carbonyl (C=O) groups excluding carboxylic acids is 3. The molecular formula is C24H28ClN3O3S. The molecule has 0 atom stereocenters. The van der Waals surface area contributed by atoms with Gasteiger partial charge in [-0.3, -0.25) is 14.4 Å². The molecule has 1 aliphatic carbocycles. The number of halogens is 1. The monoisotopic (exact) mass is 473 g/mol. The van der Waals surface area contributed by atoms with Gasteiger partial charge in [-0.1, -0.05) is 43.0 Å². The van der Waals surface area contributed by atoms with Crippen LogP contribution in [0.5, 0.6) is 0 Å². The van der Waals surface area contributed by atoms with Crippen molar-refractivity contribution < 1.29 is 14.4 Å². The van der Waals surface area contributed by atoms with Gasteiger partial charge >= 0.3 is 0 Å². The van der Waals surface area contributed by atoms with Gasteiger partial charge in [0.15, 0.2) is 0 Å². The summed E-state index contributed by atoms with van der Waals surface area (Å²) in [5, 5.41) is 5.85. The zero-order valence-corrected chi connectivity index (χ0v) is 19.9. The molecule has 0 unspecified atom stereocenters. The molecule has 2 aromatic carbocycles. The molecule has 1 fully saturated rings. The summed E-state index contributed by atoms with van der Waals surface area (Å²) in [6.07, 6.45) is 5.70. The van der Waals surface area contributed by atoms with Gasteiger partial charge in [-0.25, -0.2) is 0 Å². The number of amides is 3. The first-order valence-corrected chi connectivity index (χ1v) is 12.1. The topological polar surface area (TPSA) is 78.5 Å². The van der Waals surface area contributed by atoms with Crippen LogP contribution in [0.25, 0.3) is 0 Å². The third-order valence-corrected chi connectivity index (χ3v) is 6.92. The van der Waals surface area contributed by atoms with Crippen molar-refractivity contribution in [2.24, 2.45) is 0 Å². The van der Waals surface area contributed by atoms with Crippen molar-refractivity contribution in [2.75, 3.05) is 23.4 Å². The second kappa shape index (κ2) is 11.4. The third-order valence-electron chi connectivity index (χ3n) is 5.53. The lowest BCUT2D eigenvalue weighted by molar-refractivity contribution is -0.129. The Morgan fingerprint density at radius 1 is 1.06 bits per heavy atom. The van der Waals surface area contributed by atoms with Crippen LogP contribution in [0, 0.1) is 0 Å². The fraction of sp³-hybridized carbons (Fsp3) is 0.375. The van der Waals surface area contributed by atoms with E-state index < -0.39 is 0 Å². The van der Waals surface area contributed by atoms with Crippen molar-refractivity contribution in [3.05, 3.63) is 53.1 Å². The second-order valence-electron chi connectivity index (χ2n) is 7.91. The van der Waals surface area contributed by atoms with E-state index in [4.69, 9.17) is 11.6 Å². The molecule has 6 nitrogen and oxygen atoms in total. The van der Waals surface area contributed by atoms with Crippen molar-refractivity contribution in [3.8, 4) is 0 Å². The first kappa shape index (κ1) is 24.1. The molecule has 0 bridgehead atoms. The molecular weight excluding hydrogens is 446 g/mol. The molecule has 1 aliphatic rings. The van der Waals surface area contributed by atoms with Crippen molar-refractivity contribution in [2.45, 2.75) is 50.0 Å². The number of thioether (sulfide) groups is 1. The molecule has 3 rings (SSSR count). The van der Waals surface area contributed by atoms with Gasteiger partial charge < -0.3 is 15.5 Å². The van der Waals surface area contributed by atoms with Gasteiger partial charge in [0, 0.05) is 30.6 Å². The minimum Gasteiger partial charge on any atom is -0.342 e. The summed E-state index contributed by atoms with van der Waals surface area (Å²) in [5.74, 6) is -0.198. The SMILES string of the molecule is CC(=O)Nc1ccc(Cl)c(NC(=O)c2ccccc2SCC(=O)N(C)C2CCCCC2)c1. The van der Waals surface area contributed by atoms with Gasteiger partial charge in [0.25, 0.3) is 5.91 Å². The van der Waals surface area contributed by atoms with Crippen LogP contribution < -0.4 is 10.6 Å². The number of nitrogens with one attached hydrogen (secondary N) is 2. The molecule has 2 N–H and O–H groups in total. The highest BCUT2D eigenvalue weighted by atomic mass is 35.5. The summed E-state index contributed by atoms with van der Waals surface area (Å²) in [6, 6.07) is 12.4. The molecule has 8 heteroatoms. The van der Waals surface area contributed by atoms with Crippen LogP contribution >= 0.6 is 23.4 Å². The van der Waals surface area contributed by atoms with E-state index in [9.17, 15) is 14.4 Å². The molecule has 0 spiro atoms. The third kappa shape index (κ3) is 6.50. The van der Waals surface area contributed by atoms with E-state index in [1.807, 2.05) is 24.1 Å². The number of hydrogen-bond acceptors (Lipinski definition) is 4. The average Bonchev–Trinajstić information content (AvgIpc) is 2.79.